The second-order valence-electron chi connectivity index (χ2n) is 0.848. The molecule has 1 radical (unpaired) electrons. The van der Waals surface area contributed by atoms with Crippen molar-refractivity contribution >= 4 is 71.8 Å². The first-order valence-electron chi connectivity index (χ1n) is 1.90. The number of nitrogens with zero attached hydrogens (tertiary/aromatic N) is 2. The van der Waals surface area contributed by atoms with E-state index in [4.69, 9.17) is 0 Å². The summed E-state index contributed by atoms with van der Waals surface area (Å²) in [5, 5.41) is 0. The largest absolute Gasteiger partial charge is 2.00 e. The van der Waals surface area contributed by atoms with Crippen LogP contribution in [0.15, 0.2) is 9.98 Å². The maximum absolute atomic E-state index is 4.28. The Bertz CT molecular complexity index is 140. The van der Waals surface area contributed by atoms with Crippen LogP contribution in [0.2, 0.25) is 0 Å². The molecule has 0 aromatic rings. The predicted octanol–water partition coefficient (Wildman–Crippen LogP) is 1.04. The van der Waals surface area contributed by atoms with Crippen molar-refractivity contribution in [2.24, 2.45) is 9.98 Å². The Balaban J connectivity index is -0.000000107. The smallest absolute Gasteiger partial charge is 0.409 e. The van der Waals surface area contributed by atoms with Gasteiger partial charge in [0, 0.05) is 0 Å². The van der Waals surface area contributed by atoms with Gasteiger partial charge in [0.05, 0.1) is 0 Å². The summed E-state index contributed by atoms with van der Waals surface area (Å²) in [7, 11) is 0. The average Bonchev–Trinajstić information content (AvgIpc) is 1.89. The van der Waals surface area contributed by atoms with Crippen molar-refractivity contribution in [1.29, 1.82) is 0 Å². The molecule has 0 amide bonds. The van der Waals surface area contributed by atoms with Crippen LogP contribution in [0.4, 0.5) is 0 Å². The molecule has 0 bridgehead atoms. The van der Waals surface area contributed by atoms with E-state index in [1.807, 2.05) is 0 Å². The van der Waals surface area contributed by atoms with Crippen molar-refractivity contribution in [3.05, 3.63) is 0 Å². The van der Waals surface area contributed by atoms with Gasteiger partial charge in [-0.15, -0.1) is 0 Å². The summed E-state index contributed by atoms with van der Waals surface area (Å²) in [4.78, 5) is 6.37. The van der Waals surface area contributed by atoms with Gasteiger partial charge in [-0.25, -0.2) is 0 Å². The third-order valence-electron chi connectivity index (χ3n) is 0.258. The zero-order valence-corrected chi connectivity index (χ0v) is 9.45. The summed E-state index contributed by atoms with van der Waals surface area (Å²) >= 11 is 17.1. The molecule has 0 spiro atoms. The van der Waals surface area contributed by atoms with Crippen molar-refractivity contribution in [3.63, 3.8) is 0 Å². The predicted molar refractivity (Wildman–Crippen MR) is 59.0 cm³/mol. The summed E-state index contributed by atoms with van der Waals surface area (Å²) in [5.41, 5.74) is 0. The molecular formula is C4H4CuN2S4. The molecule has 0 atom stereocenters. The van der Waals surface area contributed by atoms with E-state index in [0.717, 1.165) is 0 Å². The average molecular weight is 272 g/mol. The standard InChI is InChI=1S/2C2H3NS2.Cu/c2*1-3-2(4)5;/h2*1H2,(H,4,5);/q;;+2/p-2. The molecule has 7 heteroatoms. The summed E-state index contributed by atoms with van der Waals surface area (Å²) < 4.78 is 0.370. The minimum Gasteiger partial charge on any atom is -0.409 e. The molecule has 0 unspecified atom stereocenters. The van der Waals surface area contributed by atoms with E-state index in [0.29, 0.717) is 0 Å². The minimum atomic E-state index is 0. The van der Waals surface area contributed by atoms with Crippen LogP contribution in [0.5, 0.6) is 0 Å². The van der Waals surface area contributed by atoms with E-state index in [1.165, 1.54) is 0 Å². The molecule has 0 fully saturated rings. The Labute approximate surface area is 98.3 Å². The van der Waals surface area contributed by atoms with E-state index in [-0.39, 0.29) is 25.7 Å². The first kappa shape index (κ1) is 17.5. The molecular weight excluding hydrogens is 268 g/mol. The van der Waals surface area contributed by atoms with Crippen molar-refractivity contribution in [3.8, 4) is 0 Å². The van der Waals surface area contributed by atoms with Gasteiger partial charge in [-0.2, -0.15) is 0 Å². The van der Waals surface area contributed by atoms with Gasteiger partial charge >= 0.3 is 17.1 Å². The fourth-order valence-corrected chi connectivity index (χ4v) is 0. The molecule has 0 heterocycles. The quantitative estimate of drug-likeness (QED) is 0.284. The van der Waals surface area contributed by atoms with Gasteiger partial charge in [-0.05, 0) is 22.1 Å². The number of aliphatic imine (C=N–C) groups is 2. The number of hydrogen-bond acceptors (Lipinski definition) is 4. The second kappa shape index (κ2) is 13.1. The molecule has 0 saturated heterocycles. The number of thiocarbonyl (C=S) groups is 2. The van der Waals surface area contributed by atoms with E-state index >= 15 is 0 Å². The van der Waals surface area contributed by atoms with Gasteiger partial charge in [0.1, 0.15) is 0 Å². The Morgan fingerprint density at radius 1 is 1.00 bits per heavy atom. The Morgan fingerprint density at radius 2 is 1.09 bits per heavy atom. The molecule has 0 aliphatic carbocycles. The molecule has 0 aromatic heterocycles. The molecule has 0 aliphatic heterocycles. The monoisotopic (exact) mass is 271 g/mol. The van der Waals surface area contributed by atoms with Gasteiger partial charge < -0.3 is 49.7 Å². The maximum Gasteiger partial charge on any atom is 2.00 e. The maximum atomic E-state index is 4.28. The molecule has 0 aromatic carbocycles. The molecule has 0 saturated carbocycles. The van der Waals surface area contributed by atoms with Crippen molar-refractivity contribution < 1.29 is 17.1 Å². The number of rotatable bonds is 0. The SMILES string of the molecule is C=NC(=S)[S-].C=NC(=S)[S-].[Cu+2]. The fourth-order valence-electron chi connectivity index (χ4n) is 0. The van der Waals surface area contributed by atoms with Crippen molar-refractivity contribution in [2.75, 3.05) is 0 Å². The first-order valence-corrected chi connectivity index (χ1v) is 3.53. The van der Waals surface area contributed by atoms with Crippen molar-refractivity contribution in [2.45, 2.75) is 0 Å². The third-order valence-corrected chi connectivity index (χ3v) is 0.775. The summed E-state index contributed by atoms with van der Waals surface area (Å²) in [6.07, 6.45) is 0. The van der Waals surface area contributed by atoms with Crippen LogP contribution in [0.25, 0.3) is 0 Å². The van der Waals surface area contributed by atoms with E-state index < -0.39 is 0 Å². The topological polar surface area (TPSA) is 24.7 Å². The normalized spacial score (nSPS) is 5.82. The zero-order chi connectivity index (χ0) is 8.57. The first-order chi connectivity index (χ1) is 4.54. The Kier molecular flexibility index (Phi) is 20.9. The van der Waals surface area contributed by atoms with Gasteiger partial charge in [-0.1, -0.05) is 0 Å². The van der Waals surface area contributed by atoms with Crippen LogP contribution < -0.4 is 0 Å². The van der Waals surface area contributed by atoms with Gasteiger partial charge in [0.25, 0.3) is 0 Å². The van der Waals surface area contributed by atoms with Crippen molar-refractivity contribution in [1.82, 2.24) is 0 Å². The molecule has 0 aliphatic rings. The van der Waals surface area contributed by atoms with Gasteiger partial charge in [-0.3, -0.25) is 9.98 Å². The second-order valence-corrected chi connectivity index (χ2v) is 2.91. The van der Waals surface area contributed by atoms with Crippen LogP contribution in [0.3, 0.4) is 0 Å². The Hall–Kier alpha value is 0.479. The van der Waals surface area contributed by atoms with Crippen LogP contribution >= 0.6 is 24.4 Å². The number of hydrogen-bond donors (Lipinski definition) is 0. The molecule has 2 nitrogen and oxygen atoms in total. The molecule has 65 valence electrons. The van der Waals surface area contributed by atoms with E-state index in [9.17, 15) is 0 Å². The summed E-state index contributed by atoms with van der Waals surface area (Å²) in [6, 6.07) is 0. The van der Waals surface area contributed by atoms with Crippen LogP contribution in [0.1, 0.15) is 0 Å². The van der Waals surface area contributed by atoms with E-state index in [2.05, 4.69) is 73.1 Å². The zero-order valence-electron chi connectivity index (χ0n) is 5.24. The van der Waals surface area contributed by atoms with Crippen LogP contribution in [0, 0.1) is 0 Å². The fraction of sp³-hybridized carbons (Fsp3) is 0. The van der Waals surface area contributed by atoms with Crippen LogP contribution in [-0.2, 0) is 42.3 Å². The Morgan fingerprint density at radius 3 is 1.09 bits per heavy atom. The summed E-state index contributed by atoms with van der Waals surface area (Å²) in [5.74, 6) is 0. The van der Waals surface area contributed by atoms with Crippen LogP contribution in [-0.4, -0.2) is 22.1 Å². The molecule has 0 rings (SSSR count). The van der Waals surface area contributed by atoms with E-state index in [1.54, 1.807) is 0 Å². The summed E-state index contributed by atoms with van der Waals surface area (Å²) in [6.45, 7) is 6.13. The van der Waals surface area contributed by atoms with Gasteiger partial charge in [0.15, 0.2) is 0 Å². The van der Waals surface area contributed by atoms with Gasteiger partial charge in [0.2, 0.25) is 0 Å². The molecule has 11 heavy (non-hydrogen) atoms. The third kappa shape index (κ3) is 37.6. The minimum absolute atomic E-state index is 0. The molecule has 0 N–H and O–H groups in total.